The second-order valence-electron chi connectivity index (χ2n) is 6.64. The summed E-state index contributed by atoms with van der Waals surface area (Å²) >= 11 is 6.10. The third-order valence-corrected chi connectivity index (χ3v) is 6.37. The van der Waals surface area contributed by atoms with E-state index in [0.717, 1.165) is 28.0 Å². The van der Waals surface area contributed by atoms with Gasteiger partial charge in [-0.1, -0.05) is 35.9 Å². The molecule has 0 saturated carbocycles. The molecule has 142 valence electrons. The Morgan fingerprint density at radius 1 is 1.00 bits per heavy atom. The van der Waals surface area contributed by atoms with E-state index >= 15 is 0 Å². The Morgan fingerprint density at radius 2 is 1.79 bits per heavy atom. The highest BCUT2D eigenvalue weighted by Crippen LogP contribution is 2.28. The molecule has 2 aromatic heterocycles. The molecule has 0 bridgehead atoms. The highest BCUT2D eigenvalue weighted by Gasteiger charge is 2.17. The van der Waals surface area contributed by atoms with E-state index in [2.05, 4.69) is 9.71 Å². The van der Waals surface area contributed by atoms with Crippen LogP contribution in [-0.2, 0) is 10.0 Å². The van der Waals surface area contributed by atoms with E-state index in [1.54, 1.807) is 18.2 Å². The molecule has 0 unspecified atom stereocenters. The number of benzene rings is 2. The van der Waals surface area contributed by atoms with Gasteiger partial charge in [0, 0.05) is 23.0 Å². The largest absolute Gasteiger partial charge is 0.306 e. The van der Waals surface area contributed by atoms with Gasteiger partial charge in [0.15, 0.2) is 0 Å². The van der Waals surface area contributed by atoms with Crippen molar-refractivity contribution in [3.05, 3.63) is 83.1 Å². The molecule has 0 saturated heterocycles. The summed E-state index contributed by atoms with van der Waals surface area (Å²) < 4.78 is 30.2. The van der Waals surface area contributed by atoms with Crippen molar-refractivity contribution < 1.29 is 8.42 Å². The lowest BCUT2D eigenvalue weighted by Gasteiger charge is -2.12. The lowest BCUT2D eigenvalue weighted by molar-refractivity contribution is 0.601. The molecule has 4 aromatic rings. The summed E-state index contributed by atoms with van der Waals surface area (Å²) in [5.74, 6) is 0. The van der Waals surface area contributed by atoms with E-state index < -0.39 is 10.0 Å². The molecule has 28 heavy (non-hydrogen) atoms. The van der Waals surface area contributed by atoms with E-state index in [0.29, 0.717) is 10.7 Å². The molecule has 5 nitrogen and oxygen atoms in total. The van der Waals surface area contributed by atoms with Crippen molar-refractivity contribution in [3.63, 3.8) is 0 Å². The minimum Gasteiger partial charge on any atom is -0.306 e. The standard InChI is InChI=1S/C21H18ClN3O2S/c1-14-7-9-17(12-18(14)22)28(26,27)24-19-11-16(8-6-15(19)2)20-13-25-10-4-3-5-21(25)23-20/h3-13,24H,1-2H3. The average Bonchev–Trinajstić information content (AvgIpc) is 3.09. The zero-order valence-electron chi connectivity index (χ0n) is 15.3. The van der Waals surface area contributed by atoms with E-state index in [4.69, 9.17) is 11.6 Å². The lowest BCUT2D eigenvalue weighted by Crippen LogP contribution is -2.14. The molecule has 0 aliphatic carbocycles. The molecule has 0 fully saturated rings. The van der Waals surface area contributed by atoms with Crippen LogP contribution < -0.4 is 4.72 Å². The molecule has 2 heterocycles. The second-order valence-corrected chi connectivity index (χ2v) is 8.73. The van der Waals surface area contributed by atoms with Crippen LogP contribution in [0.2, 0.25) is 5.02 Å². The number of anilines is 1. The molecule has 1 N–H and O–H groups in total. The van der Waals surface area contributed by atoms with Gasteiger partial charge < -0.3 is 4.40 Å². The van der Waals surface area contributed by atoms with Crippen LogP contribution in [-0.4, -0.2) is 17.8 Å². The highest BCUT2D eigenvalue weighted by molar-refractivity contribution is 7.92. The first-order valence-electron chi connectivity index (χ1n) is 8.67. The normalized spacial score (nSPS) is 11.7. The number of hydrogen-bond donors (Lipinski definition) is 1. The number of aryl methyl sites for hydroxylation is 2. The van der Waals surface area contributed by atoms with Gasteiger partial charge in [0.1, 0.15) is 5.65 Å². The van der Waals surface area contributed by atoms with Crippen molar-refractivity contribution in [1.29, 1.82) is 0 Å². The van der Waals surface area contributed by atoms with Crippen molar-refractivity contribution >= 4 is 33.0 Å². The van der Waals surface area contributed by atoms with Gasteiger partial charge >= 0.3 is 0 Å². The molecule has 0 aliphatic heterocycles. The molecule has 0 radical (unpaired) electrons. The predicted molar refractivity (Wildman–Crippen MR) is 112 cm³/mol. The maximum absolute atomic E-state index is 12.8. The van der Waals surface area contributed by atoms with Crippen molar-refractivity contribution in [3.8, 4) is 11.3 Å². The smallest absolute Gasteiger partial charge is 0.261 e. The fourth-order valence-corrected chi connectivity index (χ4v) is 4.30. The van der Waals surface area contributed by atoms with Gasteiger partial charge in [-0.15, -0.1) is 0 Å². The number of fused-ring (bicyclic) bond motifs is 1. The monoisotopic (exact) mass is 411 g/mol. The zero-order valence-corrected chi connectivity index (χ0v) is 16.9. The van der Waals surface area contributed by atoms with Crippen molar-refractivity contribution in [2.75, 3.05) is 4.72 Å². The third-order valence-electron chi connectivity index (χ3n) is 4.60. The van der Waals surface area contributed by atoms with E-state index in [1.807, 2.05) is 61.0 Å². The van der Waals surface area contributed by atoms with Crippen LogP contribution in [0.4, 0.5) is 5.69 Å². The Hall–Kier alpha value is -2.83. The van der Waals surface area contributed by atoms with E-state index in [9.17, 15) is 8.42 Å². The summed E-state index contributed by atoms with van der Waals surface area (Å²) in [6.45, 7) is 3.68. The molecule has 4 rings (SSSR count). The highest BCUT2D eigenvalue weighted by atomic mass is 35.5. The van der Waals surface area contributed by atoms with Crippen LogP contribution in [0, 0.1) is 13.8 Å². The van der Waals surface area contributed by atoms with Crippen LogP contribution in [0.1, 0.15) is 11.1 Å². The Balaban J connectivity index is 1.71. The fraction of sp³-hybridized carbons (Fsp3) is 0.0952. The molecular weight excluding hydrogens is 394 g/mol. The molecule has 0 spiro atoms. The summed E-state index contributed by atoms with van der Waals surface area (Å²) in [6.07, 6.45) is 3.84. The van der Waals surface area contributed by atoms with E-state index in [-0.39, 0.29) is 4.90 Å². The van der Waals surface area contributed by atoms with Crippen LogP contribution in [0.25, 0.3) is 16.9 Å². The molecule has 7 heteroatoms. The summed E-state index contributed by atoms with van der Waals surface area (Å²) in [5.41, 5.74) is 4.57. The summed E-state index contributed by atoms with van der Waals surface area (Å²) in [6, 6.07) is 16.1. The number of sulfonamides is 1. The summed E-state index contributed by atoms with van der Waals surface area (Å²) in [7, 11) is -3.76. The predicted octanol–water partition coefficient (Wildman–Crippen LogP) is 5.07. The van der Waals surface area contributed by atoms with Crippen molar-refractivity contribution in [2.24, 2.45) is 0 Å². The zero-order chi connectivity index (χ0) is 19.9. The van der Waals surface area contributed by atoms with Crippen LogP contribution in [0.3, 0.4) is 0 Å². The average molecular weight is 412 g/mol. The first kappa shape index (κ1) is 18.5. The fourth-order valence-electron chi connectivity index (χ4n) is 2.91. The van der Waals surface area contributed by atoms with Gasteiger partial charge in [-0.25, -0.2) is 13.4 Å². The van der Waals surface area contributed by atoms with Crippen LogP contribution in [0.5, 0.6) is 0 Å². The summed E-state index contributed by atoms with van der Waals surface area (Å²) in [5, 5.41) is 0.415. The number of nitrogens with one attached hydrogen (secondary N) is 1. The maximum atomic E-state index is 12.8. The van der Waals surface area contributed by atoms with Gasteiger partial charge in [-0.2, -0.15) is 0 Å². The maximum Gasteiger partial charge on any atom is 0.261 e. The Labute approximate surface area is 168 Å². The Morgan fingerprint density at radius 3 is 2.54 bits per heavy atom. The number of rotatable bonds is 4. The van der Waals surface area contributed by atoms with Crippen molar-refractivity contribution in [1.82, 2.24) is 9.38 Å². The molecule has 2 aromatic carbocycles. The summed E-state index contributed by atoms with van der Waals surface area (Å²) in [4.78, 5) is 4.72. The number of hydrogen-bond acceptors (Lipinski definition) is 3. The Kier molecular flexibility index (Phi) is 4.61. The quantitative estimate of drug-likeness (QED) is 0.509. The molecule has 0 atom stereocenters. The minimum atomic E-state index is -3.76. The molecule has 0 aliphatic rings. The third kappa shape index (κ3) is 3.48. The number of imidazole rings is 1. The Bertz CT molecular complexity index is 1260. The van der Waals surface area contributed by atoms with Crippen LogP contribution >= 0.6 is 11.6 Å². The minimum absolute atomic E-state index is 0.126. The first-order valence-corrected chi connectivity index (χ1v) is 10.5. The van der Waals surface area contributed by atoms with Gasteiger partial charge in [0.25, 0.3) is 10.0 Å². The topological polar surface area (TPSA) is 63.5 Å². The molecular formula is C21H18ClN3O2S. The number of halogens is 1. The SMILES string of the molecule is Cc1ccc(S(=O)(=O)Nc2cc(-c3cn4ccccc4n3)ccc2C)cc1Cl. The number of aromatic nitrogens is 2. The number of nitrogens with zero attached hydrogens (tertiary/aromatic N) is 2. The van der Waals surface area contributed by atoms with Gasteiger partial charge in [0.05, 0.1) is 16.3 Å². The van der Waals surface area contributed by atoms with Crippen molar-refractivity contribution in [2.45, 2.75) is 18.7 Å². The lowest BCUT2D eigenvalue weighted by atomic mass is 10.1. The molecule has 0 amide bonds. The van der Waals surface area contributed by atoms with Gasteiger partial charge in [-0.3, -0.25) is 4.72 Å². The van der Waals surface area contributed by atoms with Crippen LogP contribution in [0.15, 0.2) is 71.9 Å². The van der Waals surface area contributed by atoms with Gasteiger partial charge in [0.2, 0.25) is 0 Å². The van der Waals surface area contributed by atoms with Gasteiger partial charge in [-0.05, 0) is 55.3 Å². The second kappa shape index (κ2) is 6.96. The van der Waals surface area contributed by atoms with E-state index in [1.165, 1.54) is 6.07 Å². The number of pyridine rings is 1. The first-order chi connectivity index (χ1) is 13.3.